The molecule has 0 radical (unpaired) electrons. The van der Waals surface area contributed by atoms with Gasteiger partial charge in [-0.05, 0) is 37.1 Å². The average molecular weight is 349 g/mol. The van der Waals surface area contributed by atoms with E-state index >= 15 is 0 Å². The fraction of sp³-hybridized carbons (Fsp3) is 0.412. The lowest BCUT2D eigenvalue weighted by Gasteiger charge is -2.32. The molecule has 24 heavy (non-hydrogen) atoms. The Bertz CT molecular complexity index is 689. The number of hydrogen-bond acceptors (Lipinski definition) is 5. The van der Waals surface area contributed by atoms with E-state index in [1.165, 1.54) is 23.5 Å². The second kappa shape index (κ2) is 7.61. The van der Waals surface area contributed by atoms with Crippen LogP contribution in [0.15, 0.2) is 29.6 Å². The minimum Gasteiger partial charge on any atom is -0.493 e. The SMILES string of the molecule is CNc1nc(C(=O)N2CCC[C@@H](COc3ccc(F)cc3)C2)cs1. The number of nitrogens with zero attached hydrogens (tertiary/aromatic N) is 2. The van der Waals surface area contributed by atoms with E-state index in [9.17, 15) is 9.18 Å². The number of anilines is 1. The van der Waals surface area contributed by atoms with E-state index < -0.39 is 0 Å². The van der Waals surface area contributed by atoms with Crippen molar-refractivity contribution < 1.29 is 13.9 Å². The molecular weight excluding hydrogens is 329 g/mol. The highest BCUT2D eigenvalue weighted by molar-refractivity contribution is 7.13. The zero-order valence-corrected chi connectivity index (χ0v) is 14.3. The van der Waals surface area contributed by atoms with Crippen LogP contribution in [0.4, 0.5) is 9.52 Å². The molecule has 1 aromatic carbocycles. The topological polar surface area (TPSA) is 54.5 Å². The third-order valence-electron chi connectivity index (χ3n) is 4.04. The Morgan fingerprint density at radius 2 is 2.25 bits per heavy atom. The van der Waals surface area contributed by atoms with Crippen molar-refractivity contribution in [2.45, 2.75) is 12.8 Å². The van der Waals surface area contributed by atoms with E-state index in [0.29, 0.717) is 24.6 Å². The summed E-state index contributed by atoms with van der Waals surface area (Å²) in [7, 11) is 1.79. The third kappa shape index (κ3) is 4.03. The van der Waals surface area contributed by atoms with Crippen molar-refractivity contribution in [1.82, 2.24) is 9.88 Å². The lowest BCUT2D eigenvalue weighted by Crippen LogP contribution is -2.41. The fourth-order valence-electron chi connectivity index (χ4n) is 2.78. The van der Waals surface area contributed by atoms with E-state index in [1.807, 2.05) is 4.90 Å². The Kier molecular flexibility index (Phi) is 5.30. The molecule has 7 heteroatoms. The molecule has 3 rings (SSSR count). The van der Waals surface area contributed by atoms with Gasteiger partial charge in [0.2, 0.25) is 0 Å². The number of carbonyl (C=O) groups excluding carboxylic acids is 1. The van der Waals surface area contributed by atoms with Crippen molar-refractivity contribution in [3.8, 4) is 5.75 Å². The van der Waals surface area contributed by atoms with Crippen LogP contribution < -0.4 is 10.1 Å². The number of hydrogen-bond donors (Lipinski definition) is 1. The Balaban J connectivity index is 1.55. The molecule has 1 N–H and O–H groups in total. The lowest BCUT2D eigenvalue weighted by molar-refractivity contribution is 0.0628. The first-order chi connectivity index (χ1) is 11.7. The number of piperidine rings is 1. The fourth-order valence-corrected chi connectivity index (χ4v) is 3.42. The second-order valence-corrected chi connectivity index (χ2v) is 6.67. The number of benzene rings is 1. The molecule has 128 valence electrons. The number of rotatable bonds is 5. The van der Waals surface area contributed by atoms with Gasteiger partial charge in [0.25, 0.3) is 5.91 Å². The summed E-state index contributed by atoms with van der Waals surface area (Å²) in [6, 6.07) is 6.01. The van der Waals surface area contributed by atoms with Crippen LogP contribution in [0, 0.1) is 11.7 Å². The summed E-state index contributed by atoms with van der Waals surface area (Å²) in [5, 5.41) is 5.47. The quantitative estimate of drug-likeness (QED) is 0.900. The van der Waals surface area contributed by atoms with Crippen LogP contribution in [0.1, 0.15) is 23.3 Å². The molecule has 1 saturated heterocycles. The van der Waals surface area contributed by atoms with Gasteiger partial charge in [0, 0.05) is 31.4 Å². The molecule has 2 heterocycles. The Labute approximate surface area is 144 Å². The Morgan fingerprint density at radius 3 is 2.96 bits per heavy atom. The van der Waals surface area contributed by atoms with Crippen LogP contribution in [-0.2, 0) is 0 Å². The average Bonchev–Trinajstić information content (AvgIpc) is 3.10. The first kappa shape index (κ1) is 16.7. The molecule has 1 aliphatic rings. The molecule has 1 aliphatic heterocycles. The van der Waals surface area contributed by atoms with Gasteiger partial charge in [-0.15, -0.1) is 11.3 Å². The lowest BCUT2D eigenvalue weighted by atomic mass is 9.99. The van der Waals surface area contributed by atoms with E-state index in [1.54, 1.807) is 24.6 Å². The second-order valence-electron chi connectivity index (χ2n) is 5.81. The predicted molar refractivity (Wildman–Crippen MR) is 92.2 cm³/mol. The molecule has 1 atom stereocenters. The summed E-state index contributed by atoms with van der Waals surface area (Å²) in [5.74, 6) is 0.619. The van der Waals surface area contributed by atoms with Crippen LogP contribution in [-0.4, -0.2) is 42.5 Å². The predicted octanol–water partition coefficient (Wildman–Crippen LogP) is 3.26. The standard InChI is InChI=1S/C17H20FN3O2S/c1-19-17-20-15(11-24-17)16(22)21-8-2-3-12(9-21)10-23-14-6-4-13(18)5-7-14/h4-7,11-12H,2-3,8-10H2,1H3,(H,19,20)/t12-/m1/s1. The van der Waals surface area contributed by atoms with Crippen LogP contribution in [0.3, 0.4) is 0 Å². The summed E-state index contributed by atoms with van der Waals surface area (Å²) >= 11 is 1.43. The highest BCUT2D eigenvalue weighted by Crippen LogP contribution is 2.22. The monoisotopic (exact) mass is 349 g/mol. The largest absolute Gasteiger partial charge is 0.493 e. The number of amides is 1. The zero-order valence-electron chi connectivity index (χ0n) is 13.5. The number of likely N-dealkylation sites (tertiary alicyclic amines) is 1. The zero-order chi connectivity index (χ0) is 16.9. The van der Waals surface area contributed by atoms with Gasteiger partial charge < -0.3 is 15.0 Å². The summed E-state index contributed by atoms with van der Waals surface area (Å²) in [6.07, 6.45) is 1.97. The van der Waals surface area contributed by atoms with Gasteiger partial charge in [0.05, 0.1) is 6.61 Å². The number of halogens is 1. The van der Waals surface area contributed by atoms with Gasteiger partial charge in [-0.25, -0.2) is 9.37 Å². The van der Waals surface area contributed by atoms with E-state index in [4.69, 9.17) is 4.74 Å². The first-order valence-corrected chi connectivity index (χ1v) is 8.84. The molecule has 0 spiro atoms. The van der Waals surface area contributed by atoms with Crippen LogP contribution >= 0.6 is 11.3 Å². The van der Waals surface area contributed by atoms with Crippen molar-refractivity contribution in [1.29, 1.82) is 0 Å². The van der Waals surface area contributed by atoms with Crippen LogP contribution in [0.2, 0.25) is 0 Å². The van der Waals surface area contributed by atoms with Gasteiger partial charge in [0.1, 0.15) is 17.3 Å². The molecular formula is C17H20FN3O2S. The molecule has 5 nitrogen and oxygen atoms in total. The summed E-state index contributed by atoms with van der Waals surface area (Å²) in [4.78, 5) is 18.7. The summed E-state index contributed by atoms with van der Waals surface area (Å²) in [5.41, 5.74) is 0.490. The van der Waals surface area contributed by atoms with Gasteiger partial charge in [-0.3, -0.25) is 4.79 Å². The number of thiazole rings is 1. The van der Waals surface area contributed by atoms with Crippen molar-refractivity contribution in [3.05, 3.63) is 41.2 Å². The van der Waals surface area contributed by atoms with Crippen LogP contribution in [0.5, 0.6) is 5.75 Å². The van der Waals surface area contributed by atoms with Gasteiger partial charge >= 0.3 is 0 Å². The van der Waals surface area contributed by atoms with Gasteiger partial charge in [0.15, 0.2) is 5.13 Å². The van der Waals surface area contributed by atoms with Gasteiger partial charge in [-0.2, -0.15) is 0 Å². The smallest absolute Gasteiger partial charge is 0.273 e. The number of carbonyl (C=O) groups is 1. The van der Waals surface area contributed by atoms with Crippen molar-refractivity contribution >= 4 is 22.4 Å². The third-order valence-corrected chi connectivity index (χ3v) is 4.90. The summed E-state index contributed by atoms with van der Waals surface area (Å²) < 4.78 is 18.6. The minimum atomic E-state index is -0.277. The van der Waals surface area contributed by atoms with E-state index in [-0.39, 0.29) is 17.6 Å². The molecule has 0 saturated carbocycles. The highest BCUT2D eigenvalue weighted by Gasteiger charge is 2.26. The Hall–Kier alpha value is -2.15. The molecule has 1 aromatic heterocycles. The van der Waals surface area contributed by atoms with Gasteiger partial charge in [-0.1, -0.05) is 0 Å². The van der Waals surface area contributed by atoms with E-state index in [0.717, 1.165) is 24.5 Å². The molecule has 1 fully saturated rings. The number of ether oxygens (including phenoxy) is 1. The number of aromatic nitrogens is 1. The Morgan fingerprint density at radius 1 is 1.46 bits per heavy atom. The maximum absolute atomic E-state index is 12.9. The van der Waals surface area contributed by atoms with E-state index in [2.05, 4.69) is 10.3 Å². The van der Waals surface area contributed by atoms with Crippen molar-refractivity contribution in [2.75, 3.05) is 32.1 Å². The van der Waals surface area contributed by atoms with Crippen molar-refractivity contribution in [3.63, 3.8) is 0 Å². The highest BCUT2D eigenvalue weighted by atomic mass is 32.1. The maximum atomic E-state index is 12.9. The first-order valence-electron chi connectivity index (χ1n) is 7.96. The normalized spacial score (nSPS) is 17.6. The van der Waals surface area contributed by atoms with Crippen LogP contribution in [0.25, 0.3) is 0 Å². The molecule has 0 bridgehead atoms. The molecule has 2 aromatic rings. The minimum absolute atomic E-state index is 0.0285. The molecule has 1 amide bonds. The molecule has 0 aliphatic carbocycles. The van der Waals surface area contributed by atoms with Crippen molar-refractivity contribution in [2.24, 2.45) is 5.92 Å². The molecule has 0 unspecified atom stereocenters. The number of nitrogens with one attached hydrogen (secondary N) is 1. The maximum Gasteiger partial charge on any atom is 0.273 e. The summed E-state index contributed by atoms with van der Waals surface area (Å²) in [6.45, 7) is 1.93.